The van der Waals surface area contributed by atoms with Gasteiger partial charge in [0.05, 0.1) is 0 Å². The Morgan fingerprint density at radius 2 is 2.00 bits per heavy atom. The summed E-state index contributed by atoms with van der Waals surface area (Å²) in [6, 6.07) is 6.63. The van der Waals surface area contributed by atoms with Crippen LogP contribution in [0.25, 0.3) is 0 Å². The van der Waals surface area contributed by atoms with E-state index in [1.165, 1.54) is 6.07 Å². The molecule has 0 atom stereocenters. The fourth-order valence-electron chi connectivity index (χ4n) is 1.98. The third-order valence-electron chi connectivity index (χ3n) is 2.95. The minimum absolute atomic E-state index is 0.110. The van der Waals surface area contributed by atoms with E-state index in [-0.39, 0.29) is 11.4 Å². The van der Waals surface area contributed by atoms with Crippen LogP contribution >= 0.6 is 0 Å². The standard InChI is InChI=1S/C16H27FN4/c1-16(2,3)20-10-9-19-15(18-4)21(5)12-13-7-6-8-14(17)11-13/h6-8,11,20H,9-10,12H2,1-5H3,(H,18,19). The predicted octanol–water partition coefficient (Wildman–Crippen LogP) is 2.22. The molecule has 0 aliphatic rings. The summed E-state index contributed by atoms with van der Waals surface area (Å²) in [5.41, 5.74) is 1.03. The third kappa shape index (κ3) is 7.09. The SMILES string of the molecule is CN=C(NCCNC(C)(C)C)N(C)Cc1cccc(F)c1. The number of nitrogens with one attached hydrogen (secondary N) is 2. The lowest BCUT2D eigenvalue weighted by Gasteiger charge is -2.24. The Kier molecular flexibility index (Phi) is 6.62. The van der Waals surface area contributed by atoms with Gasteiger partial charge >= 0.3 is 0 Å². The quantitative estimate of drug-likeness (QED) is 0.497. The van der Waals surface area contributed by atoms with Crippen molar-refractivity contribution in [3.63, 3.8) is 0 Å². The molecule has 4 nitrogen and oxygen atoms in total. The molecule has 0 unspecified atom stereocenters. The van der Waals surface area contributed by atoms with Gasteiger partial charge in [0.2, 0.25) is 0 Å². The fraction of sp³-hybridized carbons (Fsp3) is 0.562. The minimum Gasteiger partial charge on any atom is -0.355 e. The second-order valence-electron chi connectivity index (χ2n) is 6.14. The highest BCUT2D eigenvalue weighted by molar-refractivity contribution is 5.79. The Labute approximate surface area is 127 Å². The molecule has 0 aliphatic carbocycles. The van der Waals surface area contributed by atoms with Crippen LogP contribution in [0.3, 0.4) is 0 Å². The molecule has 1 rings (SSSR count). The molecule has 21 heavy (non-hydrogen) atoms. The molecule has 0 spiro atoms. The largest absolute Gasteiger partial charge is 0.355 e. The molecule has 0 amide bonds. The van der Waals surface area contributed by atoms with E-state index in [0.717, 1.165) is 24.6 Å². The normalized spacial score (nSPS) is 12.4. The lowest BCUT2D eigenvalue weighted by Crippen LogP contribution is -2.44. The van der Waals surface area contributed by atoms with Crippen molar-refractivity contribution in [2.24, 2.45) is 4.99 Å². The van der Waals surface area contributed by atoms with Crippen LogP contribution in [-0.2, 0) is 6.54 Å². The maximum absolute atomic E-state index is 13.2. The van der Waals surface area contributed by atoms with Crippen molar-refractivity contribution in [3.05, 3.63) is 35.6 Å². The van der Waals surface area contributed by atoms with Crippen molar-refractivity contribution in [3.8, 4) is 0 Å². The van der Waals surface area contributed by atoms with E-state index in [4.69, 9.17) is 0 Å². The maximum atomic E-state index is 13.2. The molecule has 1 aromatic rings. The molecule has 118 valence electrons. The predicted molar refractivity (Wildman–Crippen MR) is 87.0 cm³/mol. The minimum atomic E-state index is -0.210. The number of benzene rings is 1. The van der Waals surface area contributed by atoms with Crippen LogP contribution in [0, 0.1) is 5.82 Å². The summed E-state index contributed by atoms with van der Waals surface area (Å²) in [6.45, 7) is 8.67. The molecule has 0 heterocycles. The van der Waals surface area contributed by atoms with Gasteiger partial charge in [0.25, 0.3) is 0 Å². The monoisotopic (exact) mass is 294 g/mol. The molecule has 2 N–H and O–H groups in total. The Hall–Kier alpha value is -1.62. The van der Waals surface area contributed by atoms with Gasteiger partial charge in [0.1, 0.15) is 5.82 Å². The van der Waals surface area contributed by atoms with Crippen LogP contribution in [-0.4, -0.2) is 43.6 Å². The van der Waals surface area contributed by atoms with Crippen molar-refractivity contribution in [2.75, 3.05) is 27.2 Å². The van der Waals surface area contributed by atoms with Gasteiger partial charge in [-0.2, -0.15) is 0 Å². The Morgan fingerprint density at radius 3 is 2.57 bits per heavy atom. The average Bonchev–Trinajstić information content (AvgIpc) is 2.37. The molecule has 5 heteroatoms. The van der Waals surface area contributed by atoms with Crippen LogP contribution in [0.15, 0.2) is 29.3 Å². The van der Waals surface area contributed by atoms with Gasteiger partial charge in [-0.1, -0.05) is 12.1 Å². The van der Waals surface area contributed by atoms with Crippen LogP contribution in [0.1, 0.15) is 26.3 Å². The number of aliphatic imine (C=N–C) groups is 1. The number of nitrogens with zero attached hydrogens (tertiary/aromatic N) is 2. The molecule has 0 aliphatic heterocycles. The van der Waals surface area contributed by atoms with E-state index in [1.54, 1.807) is 19.2 Å². The third-order valence-corrected chi connectivity index (χ3v) is 2.95. The van der Waals surface area contributed by atoms with E-state index >= 15 is 0 Å². The molecular weight excluding hydrogens is 267 g/mol. The zero-order valence-electron chi connectivity index (χ0n) is 13.7. The van der Waals surface area contributed by atoms with Crippen molar-refractivity contribution >= 4 is 5.96 Å². The second-order valence-corrected chi connectivity index (χ2v) is 6.14. The van der Waals surface area contributed by atoms with Gasteiger partial charge < -0.3 is 15.5 Å². The molecular formula is C16H27FN4. The lowest BCUT2D eigenvalue weighted by atomic mass is 10.1. The maximum Gasteiger partial charge on any atom is 0.193 e. The number of hydrogen-bond acceptors (Lipinski definition) is 2. The molecule has 0 radical (unpaired) electrons. The van der Waals surface area contributed by atoms with Crippen LogP contribution in [0.4, 0.5) is 4.39 Å². The van der Waals surface area contributed by atoms with E-state index in [2.05, 4.69) is 36.4 Å². The zero-order chi connectivity index (χ0) is 15.9. The van der Waals surface area contributed by atoms with Gasteiger partial charge in [-0.05, 0) is 38.5 Å². The zero-order valence-corrected chi connectivity index (χ0v) is 13.7. The first-order valence-electron chi connectivity index (χ1n) is 7.23. The van der Waals surface area contributed by atoms with Gasteiger partial charge in [0.15, 0.2) is 5.96 Å². The highest BCUT2D eigenvalue weighted by Crippen LogP contribution is 2.06. The summed E-state index contributed by atoms with van der Waals surface area (Å²) < 4.78 is 13.2. The van der Waals surface area contributed by atoms with Gasteiger partial charge in [-0.25, -0.2) is 4.39 Å². The first-order chi connectivity index (χ1) is 9.81. The van der Waals surface area contributed by atoms with Crippen LogP contribution in [0.5, 0.6) is 0 Å². The first kappa shape index (κ1) is 17.4. The summed E-state index contributed by atoms with van der Waals surface area (Å²) in [4.78, 5) is 6.23. The molecule has 1 aromatic carbocycles. The summed E-state index contributed by atoms with van der Waals surface area (Å²) in [7, 11) is 3.69. The number of hydrogen-bond donors (Lipinski definition) is 2. The Morgan fingerprint density at radius 1 is 1.29 bits per heavy atom. The molecule has 0 saturated heterocycles. The first-order valence-corrected chi connectivity index (χ1v) is 7.23. The van der Waals surface area contributed by atoms with Gasteiger partial charge in [-0.3, -0.25) is 4.99 Å². The molecule has 0 saturated carbocycles. The lowest BCUT2D eigenvalue weighted by molar-refractivity contribution is 0.422. The van der Waals surface area contributed by atoms with Crippen molar-refractivity contribution in [2.45, 2.75) is 32.9 Å². The smallest absolute Gasteiger partial charge is 0.193 e. The molecule has 0 bridgehead atoms. The summed E-state index contributed by atoms with van der Waals surface area (Å²) in [5.74, 6) is 0.591. The van der Waals surface area contributed by atoms with E-state index < -0.39 is 0 Å². The van der Waals surface area contributed by atoms with Crippen molar-refractivity contribution in [1.82, 2.24) is 15.5 Å². The highest BCUT2D eigenvalue weighted by atomic mass is 19.1. The van der Waals surface area contributed by atoms with E-state index in [9.17, 15) is 4.39 Å². The Bertz CT molecular complexity index is 466. The van der Waals surface area contributed by atoms with E-state index in [1.807, 2.05) is 18.0 Å². The number of rotatable bonds is 5. The van der Waals surface area contributed by atoms with Crippen molar-refractivity contribution < 1.29 is 4.39 Å². The Balaban J connectivity index is 2.45. The van der Waals surface area contributed by atoms with Crippen LogP contribution < -0.4 is 10.6 Å². The van der Waals surface area contributed by atoms with E-state index in [0.29, 0.717) is 6.54 Å². The molecule has 0 fully saturated rings. The second kappa shape index (κ2) is 7.98. The van der Waals surface area contributed by atoms with Crippen LogP contribution in [0.2, 0.25) is 0 Å². The number of guanidine groups is 1. The molecule has 0 aromatic heterocycles. The summed E-state index contributed by atoms with van der Waals surface area (Å²) >= 11 is 0. The number of halogens is 1. The van der Waals surface area contributed by atoms with Gasteiger partial charge in [0, 0.05) is 39.3 Å². The topological polar surface area (TPSA) is 39.7 Å². The fourth-order valence-corrected chi connectivity index (χ4v) is 1.98. The van der Waals surface area contributed by atoms with Gasteiger partial charge in [-0.15, -0.1) is 0 Å². The highest BCUT2D eigenvalue weighted by Gasteiger charge is 2.09. The average molecular weight is 294 g/mol. The summed E-state index contributed by atoms with van der Waals surface area (Å²) in [5, 5.41) is 6.71. The summed E-state index contributed by atoms with van der Waals surface area (Å²) in [6.07, 6.45) is 0. The van der Waals surface area contributed by atoms with Crippen molar-refractivity contribution in [1.29, 1.82) is 0 Å².